The summed E-state index contributed by atoms with van der Waals surface area (Å²) in [5, 5.41) is 17.5. The molecule has 0 radical (unpaired) electrons. The van der Waals surface area contributed by atoms with Crippen molar-refractivity contribution in [3.8, 4) is 0 Å². The third-order valence-electron chi connectivity index (χ3n) is 8.79. The van der Waals surface area contributed by atoms with Crippen molar-refractivity contribution in [3.05, 3.63) is 35.4 Å². The smallest absolute Gasteiger partial charge is 0.339 e. The van der Waals surface area contributed by atoms with Crippen LogP contribution in [0.15, 0.2) is 24.3 Å². The van der Waals surface area contributed by atoms with Gasteiger partial charge in [0.05, 0.1) is 62.5 Å². The monoisotopic (exact) mass is 726 g/mol. The minimum atomic E-state index is -0.724. The summed E-state index contributed by atoms with van der Waals surface area (Å²) in [4.78, 5) is 50.7. The predicted octanol–water partition coefficient (Wildman–Crippen LogP) is 5.36. The molecule has 0 amide bonds. The lowest BCUT2D eigenvalue weighted by Gasteiger charge is -2.40. The van der Waals surface area contributed by atoms with Gasteiger partial charge in [0.15, 0.2) is 0 Å². The van der Waals surface area contributed by atoms with Crippen LogP contribution >= 0.6 is 0 Å². The minimum absolute atomic E-state index is 0.0246. The first-order valence-corrected chi connectivity index (χ1v) is 18.3. The molecule has 0 fully saturated rings. The largest absolute Gasteiger partial charge is 0.463 e. The molecule has 2 unspecified atom stereocenters. The first-order chi connectivity index (χ1) is 24.4. The SMILES string of the molecule is CCC(CC)(CC(C)OC(CC)(CC)CC(C)OC(=O)c1ccccc1C(=O)OCCOCCO)OC(=O)CCCCC(=O)OCCOCCO. The summed E-state index contributed by atoms with van der Waals surface area (Å²) < 4.78 is 39.1. The molecule has 0 saturated carbocycles. The van der Waals surface area contributed by atoms with Gasteiger partial charge in [-0.2, -0.15) is 0 Å². The number of aliphatic hydroxyl groups excluding tert-OH is 2. The summed E-state index contributed by atoms with van der Waals surface area (Å²) in [6.07, 6.45) is 3.92. The van der Waals surface area contributed by atoms with E-state index in [9.17, 15) is 19.2 Å². The summed E-state index contributed by atoms with van der Waals surface area (Å²) in [5.74, 6) is -2.01. The second kappa shape index (κ2) is 25.8. The molecule has 0 bridgehead atoms. The fourth-order valence-electron chi connectivity index (χ4n) is 5.84. The maximum absolute atomic E-state index is 13.2. The zero-order valence-corrected chi connectivity index (χ0v) is 31.6. The Morgan fingerprint density at radius 1 is 0.627 bits per heavy atom. The third kappa shape index (κ3) is 17.8. The Balaban J connectivity index is 2.75. The Kier molecular flexibility index (Phi) is 23.2. The van der Waals surface area contributed by atoms with Crippen molar-refractivity contribution < 1.29 is 62.5 Å². The van der Waals surface area contributed by atoms with E-state index in [1.54, 1.807) is 19.1 Å². The first kappa shape index (κ1) is 45.9. The van der Waals surface area contributed by atoms with E-state index in [4.69, 9.17) is 43.4 Å². The number of aliphatic hydroxyl groups is 2. The summed E-state index contributed by atoms with van der Waals surface area (Å²) in [7, 11) is 0. The lowest BCUT2D eigenvalue weighted by molar-refractivity contribution is -0.172. The van der Waals surface area contributed by atoms with Crippen LogP contribution in [0.5, 0.6) is 0 Å². The van der Waals surface area contributed by atoms with E-state index in [1.807, 2.05) is 34.6 Å². The molecule has 0 aliphatic carbocycles. The molecule has 292 valence electrons. The first-order valence-electron chi connectivity index (χ1n) is 18.3. The molecule has 0 heterocycles. The highest BCUT2D eigenvalue weighted by Crippen LogP contribution is 2.34. The van der Waals surface area contributed by atoms with Crippen molar-refractivity contribution in [2.75, 3.05) is 52.9 Å². The van der Waals surface area contributed by atoms with Crippen LogP contribution in [-0.2, 0) is 42.7 Å². The van der Waals surface area contributed by atoms with E-state index in [0.717, 1.165) is 0 Å². The van der Waals surface area contributed by atoms with E-state index in [-0.39, 0.29) is 94.9 Å². The quantitative estimate of drug-likeness (QED) is 0.0615. The van der Waals surface area contributed by atoms with Gasteiger partial charge < -0.3 is 43.4 Å². The molecule has 1 aromatic carbocycles. The van der Waals surface area contributed by atoms with Gasteiger partial charge in [0.2, 0.25) is 0 Å². The van der Waals surface area contributed by atoms with Crippen molar-refractivity contribution in [1.82, 2.24) is 0 Å². The molecule has 13 nitrogen and oxygen atoms in total. The molecular weight excluding hydrogens is 664 g/mol. The second-order valence-corrected chi connectivity index (χ2v) is 12.6. The minimum Gasteiger partial charge on any atom is -0.463 e. The molecule has 0 aliphatic rings. The zero-order valence-electron chi connectivity index (χ0n) is 31.6. The highest BCUT2D eigenvalue weighted by molar-refractivity contribution is 6.03. The van der Waals surface area contributed by atoms with Crippen molar-refractivity contribution in [2.24, 2.45) is 0 Å². The molecule has 13 heteroatoms. The number of benzene rings is 1. The summed E-state index contributed by atoms with van der Waals surface area (Å²) in [6.45, 7) is 12.3. The summed E-state index contributed by atoms with van der Waals surface area (Å²) in [6, 6.07) is 6.30. The number of carbonyl (C=O) groups excluding carboxylic acids is 4. The van der Waals surface area contributed by atoms with Crippen LogP contribution in [0.25, 0.3) is 0 Å². The average Bonchev–Trinajstić information content (AvgIpc) is 3.12. The van der Waals surface area contributed by atoms with Gasteiger partial charge in [0, 0.05) is 25.7 Å². The van der Waals surface area contributed by atoms with E-state index in [0.29, 0.717) is 51.4 Å². The van der Waals surface area contributed by atoms with Gasteiger partial charge in [-0.05, 0) is 64.5 Å². The number of rotatable bonds is 29. The number of carbonyl (C=O) groups is 4. The summed E-state index contributed by atoms with van der Waals surface area (Å²) in [5.41, 5.74) is -1.17. The third-order valence-corrected chi connectivity index (χ3v) is 8.79. The van der Waals surface area contributed by atoms with Gasteiger partial charge in [-0.1, -0.05) is 39.8 Å². The molecule has 0 aliphatic heterocycles. The average molecular weight is 727 g/mol. The highest BCUT2D eigenvalue weighted by Gasteiger charge is 2.38. The molecule has 0 saturated heterocycles. The Labute approximate surface area is 303 Å². The lowest BCUT2D eigenvalue weighted by atomic mass is 9.87. The topological polar surface area (TPSA) is 173 Å². The van der Waals surface area contributed by atoms with Gasteiger partial charge in [-0.25, -0.2) is 9.59 Å². The van der Waals surface area contributed by atoms with Crippen LogP contribution in [-0.4, -0.2) is 110 Å². The lowest BCUT2D eigenvalue weighted by Crippen LogP contribution is -2.43. The Bertz CT molecular complexity index is 1150. The van der Waals surface area contributed by atoms with Crippen molar-refractivity contribution in [2.45, 2.75) is 129 Å². The molecule has 1 aromatic rings. The van der Waals surface area contributed by atoms with Gasteiger partial charge in [0.25, 0.3) is 0 Å². The molecule has 0 spiro atoms. The van der Waals surface area contributed by atoms with Crippen molar-refractivity contribution in [1.29, 1.82) is 0 Å². The predicted molar refractivity (Wildman–Crippen MR) is 189 cm³/mol. The number of unbranched alkanes of at least 4 members (excludes halogenated alkanes) is 1. The van der Waals surface area contributed by atoms with E-state index in [1.165, 1.54) is 12.1 Å². The molecule has 51 heavy (non-hydrogen) atoms. The second-order valence-electron chi connectivity index (χ2n) is 12.6. The summed E-state index contributed by atoms with van der Waals surface area (Å²) >= 11 is 0. The number of esters is 4. The molecule has 2 N–H and O–H groups in total. The zero-order chi connectivity index (χ0) is 38.1. The van der Waals surface area contributed by atoms with Gasteiger partial charge in [-0.3, -0.25) is 9.59 Å². The fourth-order valence-corrected chi connectivity index (χ4v) is 5.84. The number of hydrogen-bond donors (Lipinski definition) is 2. The van der Waals surface area contributed by atoms with Crippen LogP contribution in [0.4, 0.5) is 0 Å². The maximum Gasteiger partial charge on any atom is 0.339 e. The highest BCUT2D eigenvalue weighted by atomic mass is 16.6. The van der Waals surface area contributed by atoms with Crippen LogP contribution in [0.2, 0.25) is 0 Å². The standard InChI is InChI=1S/C38H62O13/c1-7-37(8-2,27-29(5)49-36(44)32-16-12-11-15-31(32)35(43)48-26-24-46-22-20-40)50-30(6)28-38(9-3,10-4)51-34(42)18-14-13-17-33(41)47-25-23-45-21-19-39/h11-12,15-16,29-30,39-40H,7-10,13-14,17-28H2,1-6H3. The molecule has 2 atom stereocenters. The number of ether oxygens (including phenoxy) is 7. The molecule has 1 rings (SSSR count). The van der Waals surface area contributed by atoms with E-state index in [2.05, 4.69) is 0 Å². The maximum atomic E-state index is 13.2. The number of hydrogen-bond acceptors (Lipinski definition) is 13. The Morgan fingerprint density at radius 2 is 1.12 bits per heavy atom. The van der Waals surface area contributed by atoms with Crippen molar-refractivity contribution in [3.63, 3.8) is 0 Å². The van der Waals surface area contributed by atoms with Crippen LogP contribution in [0.3, 0.4) is 0 Å². The Morgan fingerprint density at radius 3 is 1.65 bits per heavy atom. The van der Waals surface area contributed by atoms with Crippen LogP contribution < -0.4 is 0 Å². The van der Waals surface area contributed by atoms with Crippen LogP contribution in [0.1, 0.15) is 126 Å². The van der Waals surface area contributed by atoms with Crippen molar-refractivity contribution >= 4 is 23.9 Å². The normalized spacial score (nSPS) is 12.9. The van der Waals surface area contributed by atoms with Gasteiger partial charge in [0.1, 0.15) is 24.9 Å². The molecule has 0 aromatic heterocycles. The molecular formula is C38H62O13. The van der Waals surface area contributed by atoms with Gasteiger partial charge in [-0.15, -0.1) is 0 Å². The van der Waals surface area contributed by atoms with Gasteiger partial charge >= 0.3 is 23.9 Å². The van der Waals surface area contributed by atoms with E-state index < -0.39 is 29.2 Å². The Hall–Kier alpha value is -3.10. The van der Waals surface area contributed by atoms with E-state index >= 15 is 0 Å². The van der Waals surface area contributed by atoms with Crippen LogP contribution in [0, 0.1) is 0 Å². The fraction of sp³-hybridized carbons (Fsp3) is 0.737.